The summed E-state index contributed by atoms with van der Waals surface area (Å²) in [5.74, 6) is -0.969. The zero-order chi connectivity index (χ0) is 17.7. The zero-order valence-electron chi connectivity index (χ0n) is 13.4. The first-order valence-electron chi connectivity index (χ1n) is 7.33. The maximum Gasteiger partial charge on any atom is 0.310 e. The van der Waals surface area contributed by atoms with Gasteiger partial charge in [0.15, 0.2) is 6.61 Å². The van der Waals surface area contributed by atoms with E-state index in [0.29, 0.717) is 15.7 Å². The second-order valence-corrected chi connectivity index (χ2v) is 6.15. The lowest BCUT2D eigenvalue weighted by Gasteiger charge is -2.11. The van der Waals surface area contributed by atoms with Gasteiger partial charge in [-0.15, -0.1) is 0 Å². The number of amides is 1. The van der Waals surface area contributed by atoms with Gasteiger partial charge in [-0.25, -0.2) is 0 Å². The molecule has 0 saturated carbocycles. The molecule has 0 radical (unpaired) electrons. The average Bonchev–Trinajstić information content (AvgIpc) is 2.55. The monoisotopic (exact) mass is 365 g/mol. The van der Waals surface area contributed by atoms with Crippen molar-refractivity contribution in [3.05, 3.63) is 63.1 Å². The van der Waals surface area contributed by atoms with Crippen molar-refractivity contribution in [1.82, 2.24) is 0 Å². The summed E-state index contributed by atoms with van der Waals surface area (Å²) in [5.41, 5.74) is 2.97. The van der Waals surface area contributed by atoms with Crippen LogP contribution in [0.4, 0.5) is 5.69 Å². The topological polar surface area (TPSA) is 55.4 Å². The predicted octanol–water partition coefficient (Wildman–Crippen LogP) is 4.33. The molecule has 24 heavy (non-hydrogen) atoms. The molecule has 0 bridgehead atoms. The molecule has 2 rings (SSSR count). The molecule has 0 atom stereocenters. The summed E-state index contributed by atoms with van der Waals surface area (Å²) in [5, 5.41) is 3.26. The van der Waals surface area contributed by atoms with Crippen LogP contribution >= 0.6 is 23.2 Å². The van der Waals surface area contributed by atoms with Gasteiger partial charge in [0.05, 0.1) is 22.2 Å². The molecule has 0 heterocycles. The maximum absolute atomic E-state index is 11.9. The molecule has 2 aromatic rings. The normalized spacial score (nSPS) is 10.3. The second kappa shape index (κ2) is 8.18. The van der Waals surface area contributed by atoms with Crippen molar-refractivity contribution in [3.8, 4) is 0 Å². The summed E-state index contributed by atoms with van der Waals surface area (Å²) >= 11 is 12.1. The van der Waals surface area contributed by atoms with Gasteiger partial charge in [0, 0.05) is 0 Å². The number of rotatable bonds is 5. The van der Waals surface area contributed by atoms with E-state index in [4.69, 9.17) is 27.9 Å². The number of anilines is 1. The van der Waals surface area contributed by atoms with Gasteiger partial charge in [-0.05, 0) is 36.6 Å². The fourth-order valence-electron chi connectivity index (χ4n) is 2.11. The lowest BCUT2D eigenvalue weighted by Crippen LogP contribution is -2.22. The first kappa shape index (κ1) is 18.3. The molecule has 6 heteroatoms. The van der Waals surface area contributed by atoms with Crippen LogP contribution in [0.15, 0.2) is 36.4 Å². The first-order chi connectivity index (χ1) is 11.4. The van der Waals surface area contributed by atoms with Gasteiger partial charge in [-0.2, -0.15) is 0 Å². The van der Waals surface area contributed by atoms with Gasteiger partial charge in [-0.1, -0.05) is 53.5 Å². The second-order valence-electron chi connectivity index (χ2n) is 5.37. The zero-order valence-corrected chi connectivity index (χ0v) is 14.9. The molecule has 4 nitrogen and oxygen atoms in total. The van der Waals surface area contributed by atoms with Gasteiger partial charge < -0.3 is 10.1 Å². The van der Waals surface area contributed by atoms with E-state index < -0.39 is 18.5 Å². The smallest absolute Gasteiger partial charge is 0.310 e. The number of carbonyl (C=O) groups excluding carboxylic acids is 2. The highest BCUT2D eigenvalue weighted by molar-refractivity contribution is 6.40. The maximum atomic E-state index is 11.9. The van der Waals surface area contributed by atoms with Crippen LogP contribution in [-0.2, 0) is 20.7 Å². The Morgan fingerprint density at radius 1 is 1.04 bits per heavy atom. The Morgan fingerprint density at radius 2 is 1.75 bits per heavy atom. The molecule has 1 amide bonds. The fourth-order valence-corrected chi connectivity index (χ4v) is 2.57. The summed E-state index contributed by atoms with van der Waals surface area (Å²) in [7, 11) is 0. The van der Waals surface area contributed by atoms with E-state index in [1.54, 1.807) is 19.1 Å². The number of halogens is 2. The Bertz CT molecular complexity index is 775. The number of hydrogen-bond donors (Lipinski definition) is 1. The number of aryl methyl sites for hydroxylation is 2. The van der Waals surface area contributed by atoms with Crippen LogP contribution in [0, 0.1) is 13.8 Å². The molecule has 0 spiro atoms. The third-order valence-electron chi connectivity index (χ3n) is 3.51. The van der Waals surface area contributed by atoms with Crippen LogP contribution in [0.3, 0.4) is 0 Å². The molecule has 126 valence electrons. The van der Waals surface area contributed by atoms with Crippen molar-refractivity contribution in [2.45, 2.75) is 20.3 Å². The molecule has 0 aliphatic carbocycles. The minimum Gasteiger partial charge on any atom is -0.455 e. The summed E-state index contributed by atoms with van der Waals surface area (Å²) in [4.78, 5) is 23.8. The number of carbonyl (C=O) groups is 2. The Hall–Kier alpha value is -2.04. The molecule has 1 N–H and O–H groups in total. The van der Waals surface area contributed by atoms with Crippen LogP contribution < -0.4 is 5.32 Å². The number of benzene rings is 2. The summed E-state index contributed by atoms with van der Waals surface area (Å²) in [6.45, 7) is 3.32. The molecular formula is C18H17Cl2NO3. The van der Waals surface area contributed by atoms with E-state index in [9.17, 15) is 9.59 Å². The van der Waals surface area contributed by atoms with Crippen molar-refractivity contribution in [1.29, 1.82) is 0 Å². The third kappa shape index (κ3) is 4.73. The molecule has 0 fully saturated rings. The van der Waals surface area contributed by atoms with Crippen LogP contribution in [0.25, 0.3) is 0 Å². The summed E-state index contributed by atoms with van der Waals surface area (Å²) < 4.78 is 5.01. The van der Waals surface area contributed by atoms with Crippen molar-refractivity contribution in [3.63, 3.8) is 0 Å². The molecule has 0 saturated heterocycles. The van der Waals surface area contributed by atoms with E-state index in [-0.39, 0.29) is 6.42 Å². The highest BCUT2D eigenvalue weighted by Crippen LogP contribution is 2.32. The molecule has 0 aliphatic rings. The number of esters is 1. The SMILES string of the molecule is Cc1ccccc1CC(=O)OCC(=O)Nc1c(Cl)ccc(C)c1Cl. The summed E-state index contributed by atoms with van der Waals surface area (Å²) in [6, 6.07) is 10.9. The van der Waals surface area contributed by atoms with Crippen molar-refractivity contribution in [2.24, 2.45) is 0 Å². The number of hydrogen-bond acceptors (Lipinski definition) is 3. The molecular weight excluding hydrogens is 349 g/mol. The highest BCUT2D eigenvalue weighted by atomic mass is 35.5. The Morgan fingerprint density at radius 3 is 2.46 bits per heavy atom. The third-order valence-corrected chi connectivity index (χ3v) is 4.31. The lowest BCUT2D eigenvalue weighted by atomic mass is 10.1. The lowest BCUT2D eigenvalue weighted by molar-refractivity contribution is -0.146. The Kier molecular flexibility index (Phi) is 6.23. The van der Waals surface area contributed by atoms with E-state index in [2.05, 4.69) is 5.32 Å². The predicted molar refractivity (Wildman–Crippen MR) is 95.7 cm³/mol. The van der Waals surface area contributed by atoms with Gasteiger partial charge in [0.2, 0.25) is 0 Å². The highest BCUT2D eigenvalue weighted by Gasteiger charge is 2.14. The number of nitrogens with one attached hydrogen (secondary N) is 1. The standard InChI is InChI=1S/C18H17Cl2NO3/c1-11-5-3-4-6-13(11)9-16(23)24-10-15(22)21-18-14(19)8-7-12(2)17(18)20/h3-8H,9-10H2,1-2H3,(H,21,22). The van der Waals surface area contributed by atoms with Crippen LogP contribution in [0.2, 0.25) is 10.0 Å². The van der Waals surface area contributed by atoms with Crippen LogP contribution in [-0.4, -0.2) is 18.5 Å². The largest absolute Gasteiger partial charge is 0.455 e. The Balaban J connectivity index is 1.91. The fraction of sp³-hybridized carbons (Fsp3) is 0.222. The van der Waals surface area contributed by atoms with Crippen LogP contribution in [0.1, 0.15) is 16.7 Å². The van der Waals surface area contributed by atoms with Gasteiger partial charge in [0.25, 0.3) is 5.91 Å². The van der Waals surface area contributed by atoms with E-state index in [1.807, 2.05) is 31.2 Å². The molecule has 0 unspecified atom stereocenters. The van der Waals surface area contributed by atoms with E-state index >= 15 is 0 Å². The van der Waals surface area contributed by atoms with E-state index in [0.717, 1.165) is 16.7 Å². The van der Waals surface area contributed by atoms with Crippen molar-refractivity contribution < 1.29 is 14.3 Å². The van der Waals surface area contributed by atoms with Crippen molar-refractivity contribution >= 4 is 40.8 Å². The molecule has 2 aromatic carbocycles. The summed E-state index contributed by atoms with van der Waals surface area (Å²) in [6.07, 6.45) is 0.117. The minimum atomic E-state index is -0.498. The first-order valence-corrected chi connectivity index (χ1v) is 8.08. The van der Waals surface area contributed by atoms with Crippen LogP contribution in [0.5, 0.6) is 0 Å². The molecule has 0 aromatic heterocycles. The van der Waals surface area contributed by atoms with Gasteiger partial charge in [-0.3, -0.25) is 9.59 Å². The average molecular weight is 366 g/mol. The quantitative estimate of drug-likeness (QED) is 0.802. The number of ether oxygens (including phenoxy) is 1. The van der Waals surface area contributed by atoms with E-state index in [1.165, 1.54) is 0 Å². The van der Waals surface area contributed by atoms with Gasteiger partial charge >= 0.3 is 5.97 Å². The van der Waals surface area contributed by atoms with Gasteiger partial charge in [0.1, 0.15) is 0 Å². The molecule has 0 aliphatic heterocycles. The Labute approximate surface area is 150 Å². The minimum absolute atomic E-state index is 0.117. The van der Waals surface area contributed by atoms with Crippen molar-refractivity contribution in [2.75, 3.05) is 11.9 Å².